The number of likely N-dealkylation sites (tertiary alicyclic amines) is 1. The maximum atomic E-state index is 12.5. The molecule has 3 heterocycles. The highest BCUT2D eigenvalue weighted by atomic mass is 16.6. The summed E-state index contributed by atoms with van der Waals surface area (Å²) in [7, 11) is 0. The number of carbonyl (C=O) groups excluding carboxylic acids is 1. The Kier molecular flexibility index (Phi) is 4.40. The molecule has 25 heavy (non-hydrogen) atoms. The molecule has 2 fully saturated rings. The normalized spacial score (nSPS) is 22.1. The molecule has 2 aliphatic rings. The number of pyridine rings is 1. The monoisotopic (exact) mass is 338 g/mol. The standard InChI is InChI=1S/C20H22N2O3/c23-19(18-8-4-5-11-21-18)22-12-9-20(10-13-22)14-17(15-24-20)25-16-6-2-1-3-7-16/h1-8,11,17H,9-10,12-15H2/t17-/m0/s1. The summed E-state index contributed by atoms with van der Waals surface area (Å²) in [4.78, 5) is 18.5. The predicted molar refractivity (Wildman–Crippen MR) is 93.5 cm³/mol. The number of carbonyl (C=O) groups is 1. The van der Waals surface area contributed by atoms with Crippen LogP contribution in [0.5, 0.6) is 5.75 Å². The van der Waals surface area contributed by atoms with Gasteiger partial charge in [0.25, 0.3) is 5.91 Å². The van der Waals surface area contributed by atoms with Crippen molar-refractivity contribution in [1.82, 2.24) is 9.88 Å². The van der Waals surface area contributed by atoms with Gasteiger partial charge in [-0.1, -0.05) is 24.3 Å². The highest BCUT2D eigenvalue weighted by Crippen LogP contribution is 2.37. The molecule has 0 bridgehead atoms. The summed E-state index contributed by atoms with van der Waals surface area (Å²) >= 11 is 0. The van der Waals surface area contributed by atoms with Crippen LogP contribution in [0, 0.1) is 0 Å². The summed E-state index contributed by atoms with van der Waals surface area (Å²) in [6.45, 7) is 2.02. The number of rotatable bonds is 3. The van der Waals surface area contributed by atoms with E-state index >= 15 is 0 Å². The second-order valence-electron chi connectivity index (χ2n) is 6.76. The van der Waals surface area contributed by atoms with Gasteiger partial charge >= 0.3 is 0 Å². The Morgan fingerprint density at radius 1 is 1.12 bits per heavy atom. The molecule has 1 spiro atoms. The first-order valence-electron chi connectivity index (χ1n) is 8.80. The molecule has 5 heteroatoms. The largest absolute Gasteiger partial charge is 0.488 e. The lowest BCUT2D eigenvalue weighted by molar-refractivity contribution is -0.0396. The number of piperidine rings is 1. The molecule has 130 valence electrons. The van der Waals surface area contributed by atoms with Gasteiger partial charge in [-0.05, 0) is 37.1 Å². The van der Waals surface area contributed by atoms with E-state index in [9.17, 15) is 4.79 Å². The minimum Gasteiger partial charge on any atom is -0.488 e. The second-order valence-corrected chi connectivity index (χ2v) is 6.76. The first kappa shape index (κ1) is 16.1. The number of aromatic nitrogens is 1. The van der Waals surface area contributed by atoms with Gasteiger partial charge in [-0.15, -0.1) is 0 Å². The highest BCUT2D eigenvalue weighted by Gasteiger charge is 2.44. The van der Waals surface area contributed by atoms with Gasteiger partial charge < -0.3 is 14.4 Å². The second kappa shape index (κ2) is 6.84. The van der Waals surface area contributed by atoms with E-state index in [0.29, 0.717) is 25.4 Å². The van der Waals surface area contributed by atoms with Crippen molar-refractivity contribution in [2.45, 2.75) is 31.0 Å². The van der Waals surface area contributed by atoms with Gasteiger partial charge in [-0.3, -0.25) is 9.78 Å². The van der Waals surface area contributed by atoms with E-state index < -0.39 is 0 Å². The summed E-state index contributed by atoms with van der Waals surface area (Å²) in [5.41, 5.74) is 0.358. The lowest BCUT2D eigenvalue weighted by atomic mass is 9.88. The van der Waals surface area contributed by atoms with E-state index in [4.69, 9.17) is 9.47 Å². The average Bonchev–Trinajstić information content (AvgIpc) is 3.05. The molecule has 2 aliphatic heterocycles. The molecule has 1 amide bonds. The fourth-order valence-electron chi connectivity index (χ4n) is 3.69. The number of ether oxygens (including phenoxy) is 2. The fourth-order valence-corrected chi connectivity index (χ4v) is 3.69. The zero-order valence-electron chi connectivity index (χ0n) is 14.1. The third kappa shape index (κ3) is 3.51. The maximum Gasteiger partial charge on any atom is 0.272 e. The van der Waals surface area contributed by atoms with Crippen molar-refractivity contribution in [2.24, 2.45) is 0 Å². The van der Waals surface area contributed by atoms with Crippen molar-refractivity contribution < 1.29 is 14.3 Å². The molecule has 5 nitrogen and oxygen atoms in total. The van der Waals surface area contributed by atoms with Crippen LogP contribution in [0.2, 0.25) is 0 Å². The Balaban J connectivity index is 1.33. The Hall–Kier alpha value is -2.40. The Morgan fingerprint density at radius 3 is 2.60 bits per heavy atom. The van der Waals surface area contributed by atoms with Crippen molar-refractivity contribution in [1.29, 1.82) is 0 Å². The van der Waals surface area contributed by atoms with Crippen LogP contribution in [0.1, 0.15) is 29.8 Å². The summed E-state index contributed by atoms with van der Waals surface area (Å²) in [6, 6.07) is 15.3. The van der Waals surface area contributed by atoms with Crippen LogP contribution < -0.4 is 4.74 Å². The minimum atomic E-state index is -0.152. The molecular formula is C20H22N2O3. The van der Waals surface area contributed by atoms with E-state index in [1.165, 1.54) is 0 Å². The van der Waals surface area contributed by atoms with Crippen molar-refractivity contribution in [3.05, 3.63) is 60.4 Å². The lowest BCUT2D eigenvalue weighted by Crippen LogP contribution is -2.46. The van der Waals surface area contributed by atoms with Crippen molar-refractivity contribution in [3.63, 3.8) is 0 Å². The number of benzene rings is 1. The zero-order chi connectivity index (χ0) is 17.1. The van der Waals surface area contributed by atoms with Crippen LogP contribution in [-0.4, -0.2) is 47.2 Å². The lowest BCUT2D eigenvalue weighted by Gasteiger charge is -2.38. The summed E-state index contributed by atoms with van der Waals surface area (Å²) < 4.78 is 12.2. The SMILES string of the molecule is O=C(c1ccccn1)N1CCC2(CC1)C[C@H](Oc1ccccc1)CO2. The molecular weight excluding hydrogens is 316 g/mol. The molecule has 0 N–H and O–H groups in total. The molecule has 2 saturated heterocycles. The molecule has 4 rings (SSSR count). The van der Waals surface area contributed by atoms with E-state index in [2.05, 4.69) is 4.98 Å². The number of hydrogen-bond acceptors (Lipinski definition) is 4. The molecule has 1 aromatic carbocycles. The van der Waals surface area contributed by atoms with E-state index in [1.807, 2.05) is 47.4 Å². The van der Waals surface area contributed by atoms with Gasteiger partial charge in [0.05, 0.1) is 12.2 Å². The van der Waals surface area contributed by atoms with Crippen LogP contribution in [0.15, 0.2) is 54.7 Å². The van der Waals surface area contributed by atoms with Crippen molar-refractivity contribution in [2.75, 3.05) is 19.7 Å². The summed E-state index contributed by atoms with van der Waals surface area (Å²) in [5, 5.41) is 0. The van der Waals surface area contributed by atoms with Gasteiger partial charge in [0, 0.05) is 25.7 Å². The van der Waals surface area contributed by atoms with Crippen LogP contribution >= 0.6 is 0 Å². The van der Waals surface area contributed by atoms with Gasteiger partial charge in [0.2, 0.25) is 0 Å². The molecule has 0 aliphatic carbocycles. The van der Waals surface area contributed by atoms with Crippen molar-refractivity contribution >= 4 is 5.91 Å². The Morgan fingerprint density at radius 2 is 1.88 bits per heavy atom. The van der Waals surface area contributed by atoms with Crippen molar-refractivity contribution in [3.8, 4) is 5.75 Å². The molecule has 1 aromatic heterocycles. The molecule has 0 saturated carbocycles. The summed E-state index contributed by atoms with van der Waals surface area (Å²) in [6.07, 6.45) is 4.32. The Bertz CT molecular complexity index is 712. The van der Waals surface area contributed by atoms with Gasteiger partial charge in [-0.25, -0.2) is 0 Å². The maximum absolute atomic E-state index is 12.5. The predicted octanol–water partition coefficient (Wildman–Crippen LogP) is 2.92. The smallest absolute Gasteiger partial charge is 0.272 e. The third-order valence-corrected chi connectivity index (χ3v) is 5.07. The topological polar surface area (TPSA) is 51.7 Å². The number of nitrogens with zero attached hydrogens (tertiary/aromatic N) is 2. The first-order valence-corrected chi connectivity index (χ1v) is 8.80. The van der Waals surface area contributed by atoms with Crippen LogP contribution in [0.25, 0.3) is 0 Å². The van der Waals surface area contributed by atoms with Crippen LogP contribution in [0.4, 0.5) is 0 Å². The van der Waals surface area contributed by atoms with E-state index in [-0.39, 0.29) is 17.6 Å². The van der Waals surface area contributed by atoms with Crippen LogP contribution in [0.3, 0.4) is 0 Å². The number of hydrogen-bond donors (Lipinski definition) is 0. The van der Waals surface area contributed by atoms with Gasteiger partial charge in [-0.2, -0.15) is 0 Å². The first-order chi connectivity index (χ1) is 12.2. The van der Waals surface area contributed by atoms with E-state index in [0.717, 1.165) is 25.0 Å². The quantitative estimate of drug-likeness (QED) is 0.863. The number of para-hydroxylation sites is 1. The van der Waals surface area contributed by atoms with E-state index in [1.54, 1.807) is 12.3 Å². The summed E-state index contributed by atoms with van der Waals surface area (Å²) in [5.74, 6) is 0.890. The molecule has 0 unspecified atom stereocenters. The fraction of sp³-hybridized carbons (Fsp3) is 0.400. The zero-order valence-corrected chi connectivity index (χ0v) is 14.1. The average molecular weight is 338 g/mol. The number of amides is 1. The minimum absolute atomic E-state index is 0.00512. The third-order valence-electron chi connectivity index (χ3n) is 5.07. The Labute approximate surface area is 147 Å². The molecule has 0 radical (unpaired) electrons. The van der Waals surface area contributed by atoms with Crippen LogP contribution in [-0.2, 0) is 4.74 Å². The van der Waals surface area contributed by atoms with Gasteiger partial charge in [0.1, 0.15) is 17.5 Å². The highest BCUT2D eigenvalue weighted by molar-refractivity contribution is 5.92. The molecule has 2 aromatic rings. The van der Waals surface area contributed by atoms with Gasteiger partial charge in [0.15, 0.2) is 0 Å². The molecule has 1 atom stereocenters.